The van der Waals surface area contributed by atoms with Crippen LogP contribution in [-0.4, -0.2) is 0 Å². The Hall–Kier alpha value is -5.86. The van der Waals surface area contributed by atoms with Crippen LogP contribution in [0.25, 0.3) is 22.3 Å². The number of hydrogen-bond acceptors (Lipinski definition) is 2. The Balaban J connectivity index is 0.949. The molecule has 0 amide bonds. The van der Waals surface area contributed by atoms with E-state index in [1.165, 1.54) is 94.7 Å². The normalized spacial score (nSPS) is 22.2. The number of benzene rings is 7. The molecule has 4 fully saturated rings. The highest BCUT2D eigenvalue weighted by Crippen LogP contribution is 2.61. The fourth-order valence-electron chi connectivity index (χ4n) is 11.9. The van der Waals surface area contributed by atoms with E-state index in [4.69, 9.17) is 0 Å². The Morgan fingerprint density at radius 3 is 1.21 bits per heavy atom. The zero-order valence-corrected chi connectivity index (χ0v) is 33.1. The maximum Gasteiger partial charge on any atom is 0.0465 e. The molecule has 0 heterocycles. The molecule has 12 rings (SSSR count). The van der Waals surface area contributed by atoms with E-state index in [0.717, 1.165) is 29.1 Å². The van der Waals surface area contributed by atoms with Crippen molar-refractivity contribution in [2.24, 2.45) is 17.8 Å². The lowest BCUT2D eigenvalue weighted by Crippen LogP contribution is -2.48. The molecule has 0 aliphatic heterocycles. The fraction of sp³-hybridized carbons (Fsp3) is 0.236. The highest BCUT2D eigenvalue weighted by Gasteiger charge is 2.51. The molecule has 0 N–H and O–H groups in total. The number of fused-ring (bicyclic) bond motifs is 3. The first-order chi connectivity index (χ1) is 27.9. The van der Waals surface area contributed by atoms with Crippen LogP contribution >= 0.6 is 0 Å². The van der Waals surface area contributed by atoms with Crippen molar-refractivity contribution in [3.63, 3.8) is 0 Å². The zero-order valence-electron chi connectivity index (χ0n) is 33.1. The van der Waals surface area contributed by atoms with Gasteiger partial charge in [0.05, 0.1) is 0 Å². The summed E-state index contributed by atoms with van der Waals surface area (Å²) in [6.07, 6.45) is 8.62. The molecule has 2 nitrogen and oxygen atoms in total. The van der Waals surface area contributed by atoms with E-state index < -0.39 is 0 Å². The van der Waals surface area contributed by atoms with Crippen LogP contribution in [0.2, 0.25) is 0 Å². The molecule has 0 unspecified atom stereocenters. The van der Waals surface area contributed by atoms with Gasteiger partial charge in [-0.25, -0.2) is 0 Å². The molecule has 5 aliphatic rings. The van der Waals surface area contributed by atoms with Gasteiger partial charge < -0.3 is 9.80 Å². The number of hydrogen-bond donors (Lipinski definition) is 0. The fourth-order valence-corrected chi connectivity index (χ4v) is 11.9. The van der Waals surface area contributed by atoms with Crippen molar-refractivity contribution in [1.82, 2.24) is 0 Å². The molecule has 4 bridgehead atoms. The highest BCUT2D eigenvalue weighted by molar-refractivity contribution is 5.88. The minimum absolute atomic E-state index is 0.194. The summed E-state index contributed by atoms with van der Waals surface area (Å²) in [6, 6.07) is 65.4. The second kappa shape index (κ2) is 13.4. The number of para-hydroxylation sites is 2. The maximum atomic E-state index is 2.49. The third-order valence-corrected chi connectivity index (χ3v) is 14.2. The molecule has 57 heavy (non-hydrogen) atoms. The molecule has 7 aromatic carbocycles. The van der Waals surface area contributed by atoms with E-state index in [1.54, 1.807) is 5.56 Å². The molecule has 0 spiro atoms. The topological polar surface area (TPSA) is 6.48 Å². The van der Waals surface area contributed by atoms with Crippen LogP contribution in [0.1, 0.15) is 69.1 Å². The molecule has 4 saturated carbocycles. The van der Waals surface area contributed by atoms with Gasteiger partial charge in [0.1, 0.15) is 0 Å². The number of rotatable bonds is 8. The lowest BCUT2D eigenvalue weighted by Gasteiger charge is -2.57. The molecular formula is C55H50N2. The van der Waals surface area contributed by atoms with Crippen molar-refractivity contribution in [2.75, 3.05) is 9.80 Å². The van der Waals surface area contributed by atoms with Gasteiger partial charge in [0.15, 0.2) is 0 Å². The third-order valence-electron chi connectivity index (χ3n) is 14.2. The quantitative estimate of drug-likeness (QED) is 0.153. The Bertz CT molecular complexity index is 2520. The van der Waals surface area contributed by atoms with E-state index in [9.17, 15) is 0 Å². The van der Waals surface area contributed by atoms with E-state index in [2.05, 4.69) is 200 Å². The minimum Gasteiger partial charge on any atom is -0.310 e. The average Bonchev–Trinajstić information content (AvgIpc) is 3.47. The third kappa shape index (κ3) is 5.83. The van der Waals surface area contributed by atoms with E-state index >= 15 is 0 Å². The van der Waals surface area contributed by atoms with Crippen LogP contribution < -0.4 is 9.80 Å². The lowest BCUT2D eigenvalue weighted by molar-refractivity contribution is -0.00518. The number of nitrogens with zero attached hydrogens (tertiary/aromatic N) is 2. The largest absolute Gasteiger partial charge is 0.310 e. The van der Waals surface area contributed by atoms with Gasteiger partial charge in [-0.15, -0.1) is 0 Å². The van der Waals surface area contributed by atoms with Gasteiger partial charge in [0.25, 0.3) is 0 Å². The molecule has 5 aliphatic carbocycles. The summed E-state index contributed by atoms with van der Waals surface area (Å²) in [5.41, 5.74) is 16.7. The molecule has 0 atom stereocenters. The second-order valence-electron chi connectivity index (χ2n) is 18.1. The van der Waals surface area contributed by atoms with E-state index in [1.807, 2.05) is 0 Å². The smallest absolute Gasteiger partial charge is 0.0465 e. The van der Waals surface area contributed by atoms with Gasteiger partial charge in [-0.05, 0) is 173 Å². The molecule has 0 radical (unpaired) electrons. The Morgan fingerprint density at radius 2 is 0.754 bits per heavy atom. The molecule has 0 saturated heterocycles. The van der Waals surface area contributed by atoms with Crippen molar-refractivity contribution in [1.29, 1.82) is 0 Å². The molecule has 280 valence electrons. The summed E-state index contributed by atoms with van der Waals surface area (Å²) in [6.45, 7) is 4.81. The summed E-state index contributed by atoms with van der Waals surface area (Å²) in [7, 11) is 0. The maximum absolute atomic E-state index is 2.49. The van der Waals surface area contributed by atoms with Gasteiger partial charge >= 0.3 is 0 Å². The highest BCUT2D eigenvalue weighted by atomic mass is 15.1. The molecule has 0 aromatic heterocycles. The van der Waals surface area contributed by atoms with Crippen LogP contribution in [0.5, 0.6) is 0 Å². The van der Waals surface area contributed by atoms with E-state index in [0.29, 0.717) is 5.41 Å². The van der Waals surface area contributed by atoms with Gasteiger partial charge in [0, 0.05) is 39.5 Å². The van der Waals surface area contributed by atoms with Crippen LogP contribution in [-0.2, 0) is 10.8 Å². The van der Waals surface area contributed by atoms with Crippen LogP contribution in [0.3, 0.4) is 0 Å². The minimum atomic E-state index is -0.194. The summed E-state index contributed by atoms with van der Waals surface area (Å²) in [4.78, 5) is 4.86. The summed E-state index contributed by atoms with van der Waals surface area (Å²) >= 11 is 0. The standard InChI is InChI=1S/C55H50N2/c1-54(2)52-33-48(56(44-14-8-4-9-15-44)46-22-18-42(19-23-46)41-12-6-3-7-13-41)26-28-50(52)51-29-27-49(34-53(51)54)57(45-16-10-5-11-17-45)47-24-20-43(21-25-47)55-35-38-30-39(36-55)32-40(31-38)37-55/h3-29,33-34,38-40H,30-32,35-37H2,1-2H3. The van der Waals surface area contributed by atoms with Gasteiger partial charge in [-0.3, -0.25) is 0 Å². The van der Waals surface area contributed by atoms with Crippen LogP contribution in [0.4, 0.5) is 34.1 Å². The summed E-state index contributed by atoms with van der Waals surface area (Å²) in [5.74, 6) is 2.83. The van der Waals surface area contributed by atoms with Crippen molar-refractivity contribution in [3.05, 3.63) is 193 Å². The average molecular weight is 739 g/mol. The Kier molecular flexibility index (Phi) is 8.07. The van der Waals surface area contributed by atoms with Gasteiger partial charge in [0.2, 0.25) is 0 Å². The van der Waals surface area contributed by atoms with Gasteiger partial charge in [-0.2, -0.15) is 0 Å². The predicted molar refractivity (Wildman–Crippen MR) is 239 cm³/mol. The lowest BCUT2D eigenvalue weighted by atomic mass is 9.48. The van der Waals surface area contributed by atoms with Gasteiger partial charge in [-0.1, -0.05) is 117 Å². The summed E-state index contributed by atoms with van der Waals surface area (Å²) < 4.78 is 0. The second-order valence-corrected chi connectivity index (χ2v) is 18.1. The first kappa shape index (κ1) is 34.4. The van der Waals surface area contributed by atoms with Crippen LogP contribution in [0.15, 0.2) is 176 Å². The van der Waals surface area contributed by atoms with Crippen molar-refractivity contribution < 1.29 is 0 Å². The van der Waals surface area contributed by atoms with Crippen LogP contribution in [0, 0.1) is 17.8 Å². The van der Waals surface area contributed by atoms with Crippen molar-refractivity contribution in [3.8, 4) is 22.3 Å². The van der Waals surface area contributed by atoms with E-state index in [-0.39, 0.29) is 5.41 Å². The Morgan fingerprint density at radius 1 is 0.386 bits per heavy atom. The molecule has 7 aromatic rings. The monoisotopic (exact) mass is 738 g/mol. The molecule has 2 heteroatoms. The summed E-state index contributed by atoms with van der Waals surface area (Å²) in [5, 5.41) is 0. The van der Waals surface area contributed by atoms with Crippen molar-refractivity contribution in [2.45, 2.75) is 63.2 Å². The zero-order chi connectivity index (χ0) is 38.1. The van der Waals surface area contributed by atoms with Crippen molar-refractivity contribution >= 4 is 34.1 Å². The molecular weight excluding hydrogens is 689 g/mol. The number of anilines is 6. The SMILES string of the molecule is CC1(C)c2cc(N(c3ccccc3)c3ccc(-c4ccccc4)cc3)ccc2-c2ccc(N(c3ccccc3)c3ccc(C45CC6CC(CC(C6)C4)C5)cc3)cc21. The Labute approximate surface area is 338 Å². The first-order valence-corrected chi connectivity index (χ1v) is 21.2. The first-order valence-electron chi connectivity index (χ1n) is 21.2. The predicted octanol–water partition coefficient (Wildman–Crippen LogP) is 15.1.